The Labute approximate surface area is 106 Å². The van der Waals surface area contributed by atoms with E-state index in [4.69, 9.17) is 5.73 Å². The summed E-state index contributed by atoms with van der Waals surface area (Å²) in [7, 11) is 3.44. The fourth-order valence-electron chi connectivity index (χ4n) is 1.20. The SMILES string of the molecule is CN(C)C(=O)CSCC(O)c1ccc(N)cc1. The van der Waals surface area contributed by atoms with Gasteiger partial charge in [-0.3, -0.25) is 4.79 Å². The molecule has 1 atom stereocenters. The van der Waals surface area contributed by atoms with Crippen molar-refractivity contribution in [2.75, 3.05) is 31.3 Å². The summed E-state index contributed by atoms with van der Waals surface area (Å²) in [6.45, 7) is 0. The fourth-order valence-corrected chi connectivity index (χ4v) is 2.17. The molecule has 94 valence electrons. The van der Waals surface area contributed by atoms with Crippen LogP contribution in [0.4, 0.5) is 5.69 Å². The van der Waals surface area contributed by atoms with Gasteiger partial charge in [0.05, 0.1) is 11.9 Å². The van der Waals surface area contributed by atoms with Gasteiger partial charge in [0.2, 0.25) is 5.91 Å². The van der Waals surface area contributed by atoms with Crippen molar-refractivity contribution < 1.29 is 9.90 Å². The number of nitrogens with two attached hydrogens (primary N) is 1. The lowest BCUT2D eigenvalue weighted by Gasteiger charge is -2.12. The number of hydrogen-bond donors (Lipinski definition) is 2. The van der Waals surface area contributed by atoms with Gasteiger partial charge in [0.25, 0.3) is 0 Å². The topological polar surface area (TPSA) is 66.6 Å². The predicted octanol–water partition coefficient (Wildman–Crippen LogP) is 1.12. The Morgan fingerprint density at radius 2 is 2.00 bits per heavy atom. The van der Waals surface area contributed by atoms with E-state index in [9.17, 15) is 9.90 Å². The molecule has 1 aromatic rings. The summed E-state index contributed by atoms with van der Waals surface area (Å²) in [5, 5.41) is 9.88. The number of thioether (sulfide) groups is 1. The highest BCUT2D eigenvalue weighted by Crippen LogP contribution is 2.19. The molecule has 5 heteroatoms. The van der Waals surface area contributed by atoms with Gasteiger partial charge in [-0.2, -0.15) is 0 Å². The number of benzene rings is 1. The normalized spacial score (nSPS) is 12.2. The Bertz CT molecular complexity index is 365. The number of hydrogen-bond acceptors (Lipinski definition) is 4. The van der Waals surface area contributed by atoms with E-state index >= 15 is 0 Å². The highest BCUT2D eigenvalue weighted by atomic mass is 32.2. The Morgan fingerprint density at radius 1 is 1.41 bits per heavy atom. The minimum absolute atomic E-state index is 0.0551. The molecule has 1 amide bonds. The van der Waals surface area contributed by atoms with Crippen LogP contribution in [0.3, 0.4) is 0 Å². The third kappa shape index (κ3) is 4.66. The molecule has 0 saturated carbocycles. The number of carbonyl (C=O) groups is 1. The van der Waals surface area contributed by atoms with Crippen molar-refractivity contribution in [3.05, 3.63) is 29.8 Å². The molecule has 0 spiro atoms. The number of carbonyl (C=O) groups excluding carboxylic acids is 1. The van der Waals surface area contributed by atoms with Gasteiger partial charge in [0.15, 0.2) is 0 Å². The maximum atomic E-state index is 11.3. The van der Waals surface area contributed by atoms with Crippen LogP contribution in [0.25, 0.3) is 0 Å². The molecular weight excluding hydrogens is 236 g/mol. The van der Waals surface area contributed by atoms with Gasteiger partial charge in [-0.25, -0.2) is 0 Å². The largest absolute Gasteiger partial charge is 0.399 e. The molecule has 0 aliphatic carbocycles. The number of nitrogens with zero attached hydrogens (tertiary/aromatic N) is 1. The summed E-state index contributed by atoms with van der Waals surface area (Å²) in [5.41, 5.74) is 7.06. The highest BCUT2D eigenvalue weighted by Gasteiger charge is 2.09. The van der Waals surface area contributed by atoms with E-state index in [1.165, 1.54) is 11.8 Å². The maximum absolute atomic E-state index is 11.3. The zero-order valence-electron chi connectivity index (χ0n) is 10.1. The fraction of sp³-hybridized carbons (Fsp3) is 0.417. The van der Waals surface area contributed by atoms with E-state index in [2.05, 4.69) is 0 Å². The van der Waals surface area contributed by atoms with Crippen LogP contribution in [0, 0.1) is 0 Å². The van der Waals surface area contributed by atoms with E-state index in [1.54, 1.807) is 43.3 Å². The number of rotatable bonds is 5. The van der Waals surface area contributed by atoms with Crippen molar-refractivity contribution in [1.82, 2.24) is 4.90 Å². The lowest BCUT2D eigenvalue weighted by Crippen LogP contribution is -2.23. The standard InChI is InChI=1S/C12H18N2O2S/c1-14(2)12(16)8-17-7-11(15)9-3-5-10(13)6-4-9/h3-6,11,15H,7-8,13H2,1-2H3. The van der Waals surface area contributed by atoms with Crippen LogP contribution >= 0.6 is 11.8 Å². The third-order valence-electron chi connectivity index (χ3n) is 2.32. The molecule has 1 aromatic carbocycles. The molecule has 1 unspecified atom stereocenters. The van der Waals surface area contributed by atoms with E-state index in [0.717, 1.165) is 5.56 Å². The first kappa shape index (κ1) is 13.9. The average Bonchev–Trinajstić information content (AvgIpc) is 2.29. The Kier molecular flexibility index (Phi) is 5.31. The lowest BCUT2D eigenvalue weighted by atomic mass is 10.1. The smallest absolute Gasteiger partial charge is 0.232 e. The van der Waals surface area contributed by atoms with Crippen molar-refractivity contribution in [2.45, 2.75) is 6.10 Å². The van der Waals surface area contributed by atoms with Gasteiger partial charge in [0, 0.05) is 25.5 Å². The first-order valence-electron chi connectivity index (χ1n) is 5.32. The molecule has 17 heavy (non-hydrogen) atoms. The quantitative estimate of drug-likeness (QED) is 0.773. The van der Waals surface area contributed by atoms with Crippen LogP contribution in [0.5, 0.6) is 0 Å². The van der Waals surface area contributed by atoms with Crippen molar-refractivity contribution in [2.24, 2.45) is 0 Å². The predicted molar refractivity (Wildman–Crippen MR) is 71.8 cm³/mol. The van der Waals surface area contributed by atoms with Crippen LogP contribution in [-0.4, -0.2) is 41.5 Å². The van der Waals surface area contributed by atoms with Crippen LogP contribution < -0.4 is 5.73 Å². The first-order valence-corrected chi connectivity index (χ1v) is 6.47. The van der Waals surface area contributed by atoms with Crippen LogP contribution in [0.15, 0.2) is 24.3 Å². The monoisotopic (exact) mass is 254 g/mol. The van der Waals surface area contributed by atoms with Crippen LogP contribution in [0.2, 0.25) is 0 Å². The molecule has 4 nitrogen and oxygen atoms in total. The minimum Gasteiger partial charge on any atom is -0.399 e. The molecule has 0 bridgehead atoms. The van der Waals surface area contributed by atoms with Gasteiger partial charge in [-0.1, -0.05) is 12.1 Å². The van der Waals surface area contributed by atoms with Crippen LogP contribution in [0.1, 0.15) is 11.7 Å². The van der Waals surface area contributed by atoms with Gasteiger partial charge in [-0.05, 0) is 17.7 Å². The Balaban J connectivity index is 2.37. The van der Waals surface area contributed by atoms with Gasteiger partial charge < -0.3 is 15.7 Å². The van der Waals surface area contributed by atoms with Crippen molar-refractivity contribution in [3.63, 3.8) is 0 Å². The second kappa shape index (κ2) is 6.51. The lowest BCUT2D eigenvalue weighted by molar-refractivity contribution is -0.125. The van der Waals surface area contributed by atoms with Crippen molar-refractivity contribution in [1.29, 1.82) is 0 Å². The summed E-state index contributed by atoms with van der Waals surface area (Å²) >= 11 is 1.42. The second-order valence-corrected chi connectivity index (χ2v) is 5.02. The number of anilines is 1. The van der Waals surface area contributed by atoms with Gasteiger partial charge in [0.1, 0.15) is 0 Å². The number of aliphatic hydroxyl groups is 1. The number of nitrogen functional groups attached to an aromatic ring is 1. The Morgan fingerprint density at radius 3 is 2.53 bits per heavy atom. The molecule has 3 N–H and O–H groups in total. The molecule has 0 aliphatic heterocycles. The van der Waals surface area contributed by atoms with Gasteiger partial charge in [-0.15, -0.1) is 11.8 Å². The first-order chi connectivity index (χ1) is 8.00. The number of aliphatic hydroxyl groups excluding tert-OH is 1. The molecule has 1 rings (SSSR count). The van der Waals surface area contributed by atoms with E-state index in [1.807, 2.05) is 0 Å². The summed E-state index contributed by atoms with van der Waals surface area (Å²) in [6, 6.07) is 7.12. The summed E-state index contributed by atoms with van der Waals surface area (Å²) in [4.78, 5) is 12.9. The second-order valence-electron chi connectivity index (χ2n) is 3.99. The highest BCUT2D eigenvalue weighted by molar-refractivity contribution is 7.99. The zero-order valence-corrected chi connectivity index (χ0v) is 10.9. The summed E-state index contributed by atoms with van der Waals surface area (Å²) in [6.07, 6.45) is -0.560. The molecular formula is C12H18N2O2S. The number of amides is 1. The van der Waals surface area contributed by atoms with Crippen molar-refractivity contribution >= 4 is 23.4 Å². The molecule has 0 fully saturated rings. The summed E-state index contributed by atoms with van der Waals surface area (Å²) in [5.74, 6) is 0.946. The van der Waals surface area contributed by atoms with E-state index < -0.39 is 6.10 Å². The van der Waals surface area contributed by atoms with E-state index in [-0.39, 0.29) is 5.91 Å². The van der Waals surface area contributed by atoms with Crippen LogP contribution in [-0.2, 0) is 4.79 Å². The minimum atomic E-state index is -0.560. The Hall–Kier alpha value is -1.20. The maximum Gasteiger partial charge on any atom is 0.232 e. The molecule has 0 aliphatic rings. The van der Waals surface area contributed by atoms with E-state index in [0.29, 0.717) is 17.2 Å². The molecule has 0 aromatic heterocycles. The van der Waals surface area contributed by atoms with Crippen molar-refractivity contribution in [3.8, 4) is 0 Å². The average molecular weight is 254 g/mol. The molecule has 0 radical (unpaired) electrons. The molecule has 0 heterocycles. The molecule has 0 saturated heterocycles. The van der Waals surface area contributed by atoms with Gasteiger partial charge >= 0.3 is 0 Å². The summed E-state index contributed by atoms with van der Waals surface area (Å²) < 4.78 is 0. The third-order valence-corrected chi connectivity index (χ3v) is 3.32. The zero-order chi connectivity index (χ0) is 12.8.